The molecule has 2 aliphatic rings. The molecule has 2 heterocycles. The normalized spacial score (nSPS) is 18.3. The molecule has 0 N–H and O–H groups in total. The Morgan fingerprint density at radius 2 is 2.04 bits per heavy atom. The van der Waals surface area contributed by atoms with Crippen LogP contribution < -0.4 is 4.74 Å². The minimum atomic E-state index is -0.681. The molecule has 2 aromatic rings. The summed E-state index contributed by atoms with van der Waals surface area (Å²) in [5.41, 5.74) is 1.82. The van der Waals surface area contributed by atoms with Gasteiger partial charge in [0.05, 0.1) is 6.61 Å². The quantitative estimate of drug-likeness (QED) is 0.767. The first-order valence-corrected chi connectivity index (χ1v) is 8.47. The molecule has 0 spiro atoms. The molecular formula is C20H17FO6. The van der Waals surface area contributed by atoms with E-state index in [-0.39, 0.29) is 25.6 Å². The van der Waals surface area contributed by atoms with E-state index in [1.807, 2.05) is 30.3 Å². The lowest BCUT2D eigenvalue weighted by molar-refractivity contribution is -0.146. The fourth-order valence-corrected chi connectivity index (χ4v) is 2.85. The largest absolute Gasteiger partial charge is 0.493 e. The van der Waals surface area contributed by atoms with Gasteiger partial charge in [0.15, 0.2) is 0 Å². The van der Waals surface area contributed by atoms with Gasteiger partial charge in [0.2, 0.25) is 12.0 Å². The fourth-order valence-electron chi connectivity index (χ4n) is 2.85. The smallest absolute Gasteiger partial charge is 0.377 e. The summed E-state index contributed by atoms with van der Waals surface area (Å²) in [5.74, 6) is -0.696. The lowest BCUT2D eigenvalue weighted by atomic mass is 10.1. The third-order valence-corrected chi connectivity index (χ3v) is 4.10. The van der Waals surface area contributed by atoms with Crippen LogP contribution in [0.4, 0.5) is 4.39 Å². The van der Waals surface area contributed by atoms with Gasteiger partial charge in [-0.25, -0.2) is 9.18 Å². The van der Waals surface area contributed by atoms with Gasteiger partial charge in [0, 0.05) is 16.7 Å². The Labute approximate surface area is 155 Å². The van der Waals surface area contributed by atoms with Crippen LogP contribution in [0.25, 0.3) is 0 Å². The second-order valence-corrected chi connectivity index (χ2v) is 6.00. The van der Waals surface area contributed by atoms with Crippen LogP contribution in [0.1, 0.15) is 23.0 Å². The maximum Gasteiger partial charge on any atom is 0.377 e. The zero-order valence-corrected chi connectivity index (χ0v) is 14.4. The van der Waals surface area contributed by atoms with Crippen LogP contribution in [0, 0.1) is 5.82 Å². The van der Waals surface area contributed by atoms with Crippen LogP contribution in [0.5, 0.6) is 5.75 Å². The molecule has 1 atom stereocenters. The molecule has 0 amide bonds. The molecule has 4 rings (SSSR count). The van der Waals surface area contributed by atoms with E-state index in [1.165, 1.54) is 18.4 Å². The summed E-state index contributed by atoms with van der Waals surface area (Å²) in [6, 6.07) is 12.0. The first-order chi connectivity index (χ1) is 13.2. The summed E-state index contributed by atoms with van der Waals surface area (Å²) in [5, 5.41) is 0. The third kappa shape index (κ3) is 3.88. The second kappa shape index (κ2) is 7.67. The maximum absolute atomic E-state index is 13.9. The van der Waals surface area contributed by atoms with Gasteiger partial charge in [0.1, 0.15) is 37.6 Å². The lowest BCUT2D eigenvalue weighted by Gasteiger charge is -2.28. The zero-order valence-electron chi connectivity index (χ0n) is 14.4. The Morgan fingerprint density at radius 1 is 1.19 bits per heavy atom. The lowest BCUT2D eigenvalue weighted by Crippen LogP contribution is -2.20. The first-order valence-electron chi connectivity index (χ1n) is 8.47. The highest BCUT2D eigenvalue weighted by molar-refractivity contribution is 5.86. The van der Waals surface area contributed by atoms with Crippen molar-refractivity contribution in [1.29, 1.82) is 0 Å². The average Bonchev–Trinajstić information content (AvgIpc) is 2.72. The molecule has 2 aliphatic heterocycles. The molecule has 0 radical (unpaired) electrons. The van der Waals surface area contributed by atoms with E-state index in [0.29, 0.717) is 23.5 Å². The standard InChI is InChI=1S/C20H17FO6/c21-16-8-14(10-25-19(22)17-12-23-6-7-24-17)18-15(9-16)11-26-20(27-18)13-4-2-1-3-5-13/h1-5,8-9,12,20H,6-7,10-11H2/t20-/m0/s1. The number of fused-ring (bicyclic) bond motifs is 1. The second-order valence-electron chi connectivity index (χ2n) is 6.00. The molecule has 0 saturated heterocycles. The fraction of sp³-hybridized carbons (Fsp3) is 0.250. The summed E-state index contributed by atoms with van der Waals surface area (Å²) in [6.45, 7) is 0.676. The summed E-state index contributed by atoms with van der Waals surface area (Å²) in [7, 11) is 0. The van der Waals surface area contributed by atoms with Gasteiger partial charge >= 0.3 is 5.97 Å². The zero-order chi connectivity index (χ0) is 18.6. The van der Waals surface area contributed by atoms with Crippen molar-refractivity contribution in [2.75, 3.05) is 13.2 Å². The van der Waals surface area contributed by atoms with Crippen molar-refractivity contribution < 1.29 is 32.9 Å². The highest BCUT2D eigenvalue weighted by atomic mass is 19.1. The van der Waals surface area contributed by atoms with Crippen LogP contribution in [0.3, 0.4) is 0 Å². The number of rotatable bonds is 4. The molecule has 0 fully saturated rings. The van der Waals surface area contributed by atoms with Gasteiger partial charge in [-0.3, -0.25) is 0 Å². The topological polar surface area (TPSA) is 63.2 Å². The number of carbonyl (C=O) groups is 1. The van der Waals surface area contributed by atoms with Gasteiger partial charge in [-0.05, 0) is 12.1 Å². The number of hydrogen-bond acceptors (Lipinski definition) is 6. The maximum atomic E-state index is 13.9. The monoisotopic (exact) mass is 372 g/mol. The highest BCUT2D eigenvalue weighted by Gasteiger charge is 2.26. The number of hydrogen-bond donors (Lipinski definition) is 0. The molecule has 0 unspecified atom stereocenters. The number of benzene rings is 2. The molecule has 2 aromatic carbocycles. The molecule has 0 aromatic heterocycles. The molecule has 6 nitrogen and oxygen atoms in total. The van der Waals surface area contributed by atoms with Crippen LogP contribution in [-0.4, -0.2) is 19.2 Å². The van der Waals surface area contributed by atoms with Crippen molar-refractivity contribution in [3.63, 3.8) is 0 Å². The number of ether oxygens (including phenoxy) is 5. The van der Waals surface area contributed by atoms with Crippen LogP contribution in [0.2, 0.25) is 0 Å². The van der Waals surface area contributed by atoms with Gasteiger partial charge in [0.25, 0.3) is 0 Å². The SMILES string of the molecule is O=C(OCc1cc(F)cc2c1O[C@@H](c1ccccc1)OC2)C1=COCCO1. The van der Waals surface area contributed by atoms with E-state index in [2.05, 4.69) is 0 Å². The van der Waals surface area contributed by atoms with Crippen molar-refractivity contribution in [3.05, 3.63) is 77.0 Å². The van der Waals surface area contributed by atoms with Crippen molar-refractivity contribution >= 4 is 5.97 Å². The van der Waals surface area contributed by atoms with Gasteiger partial charge in [-0.15, -0.1) is 0 Å². The summed E-state index contributed by atoms with van der Waals surface area (Å²) in [6.07, 6.45) is 0.597. The molecule has 7 heteroatoms. The number of halogens is 1. The molecule has 27 heavy (non-hydrogen) atoms. The summed E-state index contributed by atoms with van der Waals surface area (Å²) < 4.78 is 41.0. The Hall–Kier alpha value is -3.06. The van der Waals surface area contributed by atoms with Crippen LogP contribution >= 0.6 is 0 Å². The van der Waals surface area contributed by atoms with Crippen molar-refractivity contribution in [3.8, 4) is 5.75 Å². The first kappa shape index (κ1) is 17.4. The van der Waals surface area contributed by atoms with E-state index in [1.54, 1.807) is 0 Å². The molecular weight excluding hydrogens is 355 g/mol. The Kier molecular flexibility index (Phi) is 4.93. The third-order valence-electron chi connectivity index (χ3n) is 4.10. The van der Waals surface area contributed by atoms with Gasteiger partial charge < -0.3 is 23.7 Å². The van der Waals surface area contributed by atoms with E-state index in [4.69, 9.17) is 23.7 Å². The predicted octanol–water partition coefficient (Wildman–Crippen LogP) is 3.36. The molecule has 0 aliphatic carbocycles. The van der Waals surface area contributed by atoms with Crippen LogP contribution in [0.15, 0.2) is 54.5 Å². The summed E-state index contributed by atoms with van der Waals surface area (Å²) in [4.78, 5) is 12.1. The van der Waals surface area contributed by atoms with E-state index in [9.17, 15) is 9.18 Å². The van der Waals surface area contributed by atoms with E-state index in [0.717, 1.165) is 5.56 Å². The van der Waals surface area contributed by atoms with Gasteiger partial charge in [-0.2, -0.15) is 0 Å². The minimum absolute atomic E-state index is 0.0158. The Balaban J connectivity index is 1.53. The number of esters is 1. The molecule has 0 bridgehead atoms. The van der Waals surface area contributed by atoms with Crippen molar-refractivity contribution in [2.45, 2.75) is 19.5 Å². The van der Waals surface area contributed by atoms with Gasteiger partial charge in [-0.1, -0.05) is 30.3 Å². The van der Waals surface area contributed by atoms with Crippen molar-refractivity contribution in [2.24, 2.45) is 0 Å². The number of carbonyl (C=O) groups excluding carboxylic acids is 1. The Bertz CT molecular complexity index is 864. The average molecular weight is 372 g/mol. The Morgan fingerprint density at radius 3 is 2.81 bits per heavy atom. The predicted molar refractivity (Wildman–Crippen MR) is 90.8 cm³/mol. The van der Waals surface area contributed by atoms with E-state index < -0.39 is 18.1 Å². The molecule has 0 saturated carbocycles. The highest BCUT2D eigenvalue weighted by Crippen LogP contribution is 2.36. The minimum Gasteiger partial charge on any atom is -0.493 e. The summed E-state index contributed by atoms with van der Waals surface area (Å²) >= 11 is 0. The van der Waals surface area contributed by atoms with Crippen molar-refractivity contribution in [1.82, 2.24) is 0 Å². The van der Waals surface area contributed by atoms with Crippen LogP contribution in [-0.2, 0) is 37.0 Å². The molecule has 140 valence electrons. The van der Waals surface area contributed by atoms with E-state index >= 15 is 0 Å².